The van der Waals surface area contributed by atoms with Crippen molar-refractivity contribution >= 4 is 63.4 Å². The maximum atomic E-state index is 10.8. The highest BCUT2D eigenvalue weighted by Gasteiger charge is 2.25. The summed E-state index contributed by atoms with van der Waals surface area (Å²) in [6.07, 6.45) is 0. The molecular weight excluding hydrogens is 360 g/mol. The van der Waals surface area contributed by atoms with Gasteiger partial charge in [0.2, 0.25) is 0 Å². The van der Waals surface area contributed by atoms with Gasteiger partial charge in [-0.15, -0.1) is 0 Å². The van der Waals surface area contributed by atoms with E-state index in [1.165, 1.54) is 43.2 Å². The minimum atomic E-state index is -4.03. The SMILES string of the molecule is O=S(=O)(O)C[C@H]1CSSC[C@H](CS(=O)(=O)O)SS1. The fourth-order valence-electron chi connectivity index (χ4n) is 1.08. The lowest BCUT2D eigenvalue weighted by Gasteiger charge is -2.21. The van der Waals surface area contributed by atoms with Crippen molar-refractivity contribution in [1.29, 1.82) is 0 Å². The molecule has 2 N–H and O–H groups in total. The van der Waals surface area contributed by atoms with Gasteiger partial charge in [0.05, 0.1) is 11.5 Å². The van der Waals surface area contributed by atoms with Gasteiger partial charge < -0.3 is 0 Å². The molecule has 1 aliphatic rings. The van der Waals surface area contributed by atoms with E-state index in [4.69, 9.17) is 9.11 Å². The van der Waals surface area contributed by atoms with Gasteiger partial charge in [-0.2, -0.15) is 16.8 Å². The van der Waals surface area contributed by atoms with Crippen molar-refractivity contribution in [3.8, 4) is 0 Å². The summed E-state index contributed by atoms with van der Waals surface area (Å²) in [5, 5.41) is -0.599. The third kappa shape index (κ3) is 8.40. The second-order valence-corrected chi connectivity index (χ2v) is 11.9. The molecule has 0 saturated carbocycles. The first-order chi connectivity index (χ1) is 8.16. The number of hydrogen-bond donors (Lipinski definition) is 2. The average molecular weight is 373 g/mol. The molecule has 0 amide bonds. The molecule has 0 aromatic carbocycles. The summed E-state index contributed by atoms with van der Waals surface area (Å²) in [4.78, 5) is 0. The summed E-state index contributed by atoms with van der Waals surface area (Å²) in [6, 6.07) is 0. The van der Waals surface area contributed by atoms with Crippen molar-refractivity contribution < 1.29 is 25.9 Å². The van der Waals surface area contributed by atoms with Crippen molar-refractivity contribution in [2.75, 3.05) is 23.0 Å². The smallest absolute Gasteiger partial charge is 0.266 e. The van der Waals surface area contributed by atoms with Crippen LogP contribution in [0.1, 0.15) is 0 Å². The summed E-state index contributed by atoms with van der Waals surface area (Å²) in [6.45, 7) is 0. The Hall–Kier alpha value is 1.22. The van der Waals surface area contributed by atoms with E-state index in [2.05, 4.69) is 0 Å². The Morgan fingerprint density at radius 3 is 1.44 bits per heavy atom. The minimum absolute atomic E-state index is 0.299. The van der Waals surface area contributed by atoms with Gasteiger partial charge in [0.1, 0.15) is 0 Å². The van der Waals surface area contributed by atoms with Crippen LogP contribution in [0.15, 0.2) is 0 Å². The predicted molar refractivity (Wildman–Crippen MR) is 80.5 cm³/mol. The van der Waals surface area contributed by atoms with Crippen LogP contribution in [0.2, 0.25) is 0 Å². The van der Waals surface area contributed by atoms with Crippen molar-refractivity contribution in [2.24, 2.45) is 0 Å². The van der Waals surface area contributed by atoms with Gasteiger partial charge in [-0.1, -0.05) is 43.2 Å². The Labute approximate surface area is 122 Å². The maximum Gasteiger partial charge on any atom is 0.266 e. The maximum absolute atomic E-state index is 10.8. The Kier molecular flexibility index (Phi) is 7.00. The predicted octanol–water partition coefficient (Wildman–Crippen LogP) is 1.28. The Morgan fingerprint density at radius 2 is 1.17 bits per heavy atom. The van der Waals surface area contributed by atoms with E-state index in [9.17, 15) is 16.8 Å². The standard InChI is InChI=1S/C6H12O6S6/c7-17(8,9)3-5-1-13-14-2-6(16-15-5)4-18(10,11)12/h5-6H,1-4H2,(H,7,8,9)(H,10,11,12)/t5-,6-/m1/s1. The van der Waals surface area contributed by atoms with E-state index >= 15 is 0 Å². The van der Waals surface area contributed by atoms with Crippen molar-refractivity contribution in [3.05, 3.63) is 0 Å². The third-order valence-corrected chi connectivity index (χ3v) is 10.1. The van der Waals surface area contributed by atoms with E-state index in [1.54, 1.807) is 0 Å². The number of rotatable bonds is 4. The first-order valence-corrected chi connectivity index (χ1v) is 12.6. The van der Waals surface area contributed by atoms with Gasteiger partial charge in [0, 0.05) is 22.0 Å². The van der Waals surface area contributed by atoms with E-state index in [-0.39, 0.29) is 22.0 Å². The average Bonchev–Trinajstić information content (AvgIpc) is 2.12. The molecule has 0 aliphatic carbocycles. The monoisotopic (exact) mass is 372 g/mol. The van der Waals surface area contributed by atoms with Gasteiger partial charge in [0.15, 0.2) is 0 Å². The van der Waals surface area contributed by atoms with Gasteiger partial charge in [0.25, 0.3) is 20.2 Å². The van der Waals surface area contributed by atoms with Gasteiger partial charge in [-0.3, -0.25) is 9.11 Å². The second-order valence-electron chi connectivity index (χ2n) is 3.50. The first-order valence-electron chi connectivity index (χ1n) is 4.62. The summed E-state index contributed by atoms with van der Waals surface area (Å²) >= 11 is 0. The fourth-order valence-corrected chi connectivity index (χ4v) is 11.0. The van der Waals surface area contributed by atoms with E-state index < -0.39 is 20.2 Å². The molecule has 1 saturated heterocycles. The van der Waals surface area contributed by atoms with Crippen LogP contribution in [-0.4, -0.2) is 59.5 Å². The molecule has 0 unspecified atom stereocenters. The van der Waals surface area contributed by atoms with E-state index in [1.807, 2.05) is 0 Å². The van der Waals surface area contributed by atoms with Crippen LogP contribution in [-0.2, 0) is 20.2 Å². The van der Waals surface area contributed by atoms with Gasteiger partial charge >= 0.3 is 0 Å². The lowest BCUT2D eigenvalue weighted by atomic mass is 10.5. The van der Waals surface area contributed by atoms with Crippen LogP contribution in [0, 0.1) is 0 Å². The molecule has 18 heavy (non-hydrogen) atoms. The van der Waals surface area contributed by atoms with Gasteiger partial charge in [-0.05, 0) is 0 Å². The van der Waals surface area contributed by atoms with Gasteiger partial charge in [-0.25, -0.2) is 0 Å². The lowest BCUT2D eigenvalue weighted by Crippen LogP contribution is -2.24. The highest BCUT2D eigenvalue weighted by Crippen LogP contribution is 2.41. The summed E-state index contributed by atoms with van der Waals surface area (Å²) in [7, 11) is -2.70. The quantitative estimate of drug-likeness (QED) is 0.553. The molecule has 0 spiro atoms. The minimum Gasteiger partial charge on any atom is -0.286 e. The van der Waals surface area contributed by atoms with Crippen molar-refractivity contribution in [2.45, 2.75) is 10.5 Å². The van der Waals surface area contributed by atoms with Crippen molar-refractivity contribution in [1.82, 2.24) is 0 Å². The second kappa shape index (κ2) is 7.29. The molecule has 0 radical (unpaired) electrons. The molecule has 1 rings (SSSR count). The van der Waals surface area contributed by atoms with Crippen LogP contribution < -0.4 is 0 Å². The molecule has 12 heteroatoms. The molecule has 1 heterocycles. The molecule has 6 nitrogen and oxygen atoms in total. The summed E-state index contributed by atoms with van der Waals surface area (Å²) in [5.74, 6) is 0.412. The van der Waals surface area contributed by atoms with Crippen LogP contribution in [0.25, 0.3) is 0 Å². The largest absolute Gasteiger partial charge is 0.286 e. The van der Waals surface area contributed by atoms with Crippen LogP contribution in [0.4, 0.5) is 0 Å². The zero-order chi connectivity index (χ0) is 13.8. The Morgan fingerprint density at radius 1 is 0.833 bits per heavy atom. The highest BCUT2D eigenvalue weighted by atomic mass is 33.1. The molecule has 1 aliphatic heterocycles. The zero-order valence-corrected chi connectivity index (χ0v) is 13.9. The topological polar surface area (TPSA) is 109 Å². The van der Waals surface area contributed by atoms with Crippen LogP contribution >= 0.6 is 43.2 Å². The molecule has 0 bridgehead atoms. The molecule has 0 aromatic heterocycles. The zero-order valence-electron chi connectivity index (χ0n) is 8.96. The summed E-state index contributed by atoms with van der Waals surface area (Å²) in [5.41, 5.74) is 0. The van der Waals surface area contributed by atoms with E-state index in [0.29, 0.717) is 11.5 Å². The third-order valence-electron chi connectivity index (χ3n) is 1.71. The molecule has 2 atom stereocenters. The fraction of sp³-hybridized carbons (Fsp3) is 1.00. The Bertz CT molecular complexity index is 413. The molecule has 108 valence electrons. The molecular formula is C6H12O6S6. The summed E-state index contributed by atoms with van der Waals surface area (Å²) < 4.78 is 60.7. The lowest BCUT2D eigenvalue weighted by molar-refractivity contribution is 0.480. The first kappa shape index (κ1) is 17.3. The Balaban J connectivity index is 2.55. The van der Waals surface area contributed by atoms with Crippen LogP contribution in [0.3, 0.4) is 0 Å². The van der Waals surface area contributed by atoms with Crippen LogP contribution in [0.5, 0.6) is 0 Å². The normalized spacial score (nSPS) is 27.4. The number of hydrogen-bond acceptors (Lipinski definition) is 8. The molecule has 0 aromatic rings. The highest BCUT2D eigenvalue weighted by molar-refractivity contribution is 8.80. The van der Waals surface area contributed by atoms with E-state index in [0.717, 1.165) is 0 Å². The molecule has 1 fully saturated rings. The van der Waals surface area contributed by atoms with Crippen molar-refractivity contribution in [3.63, 3.8) is 0 Å².